The van der Waals surface area contributed by atoms with Crippen molar-refractivity contribution >= 4 is 28.4 Å². The normalized spacial score (nSPS) is 11.0. The first-order valence-corrected chi connectivity index (χ1v) is 9.55. The number of hydrogen-bond acceptors (Lipinski definition) is 5. The molecule has 0 spiro atoms. The lowest BCUT2D eigenvalue weighted by Crippen LogP contribution is -2.04. The lowest BCUT2D eigenvalue weighted by Gasteiger charge is -2.09. The van der Waals surface area contributed by atoms with E-state index in [2.05, 4.69) is 6.92 Å². The largest absolute Gasteiger partial charge is 0.504 e. The number of hydrogen-bond donors (Lipinski definition) is 2. The van der Waals surface area contributed by atoms with Crippen molar-refractivity contribution in [1.29, 1.82) is 0 Å². The third kappa shape index (κ3) is 3.01. The fourth-order valence-corrected chi connectivity index (χ4v) is 3.93. The third-order valence-electron chi connectivity index (χ3n) is 4.33. The first-order chi connectivity index (χ1) is 12.5. The molecule has 0 saturated heterocycles. The van der Waals surface area contributed by atoms with Gasteiger partial charge in [-0.1, -0.05) is 6.92 Å². The minimum Gasteiger partial charge on any atom is -0.504 e. The topological polar surface area (TPSA) is 71.7 Å². The molecule has 136 valence electrons. The van der Waals surface area contributed by atoms with E-state index in [-0.39, 0.29) is 17.3 Å². The average molecular weight is 371 g/mol. The van der Waals surface area contributed by atoms with E-state index in [1.54, 1.807) is 31.4 Å². The van der Waals surface area contributed by atoms with Gasteiger partial charge in [0.15, 0.2) is 17.3 Å². The Kier molecular flexibility index (Phi) is 5.13. The van der Waals surface area contributed by atoms with Crippen LogP contribution in [0.25, 0.3) is 10.9 Å². The van der Waals surface area contributed by atoms with Crippen LogP contribution >= 0.6 is 11.8 Å². The van der Waals surface area contributed by atoms with Gasteiger partial charge in [0, 0.05) is 23.6 Å². The fourth-order valence-electron chi connectivity index (χ4n) is 3.11. The standard InChI is InChI=1S/C20H21NO4S/c1-4-9-21-15-11-17(23)16(22)10-14(15)18(20(21)26-3)19(24)12-5-7-13(25-2)8-6-12/h5-8,10-11,22-23H,4,9H2,1-3H3. The van der Waals surface area contributed by atoms with Gasteiger partial charge in [0.2, 0.25) is 0 Å². The van der Waals surface area contributed by atoms with E-state index in [1.807, 2.05) is 10.8 Å². The molecule has 0 aliphatic carbocycles. The molecular formula is C20H21NO4S. The van der Waals surface area contributed by atoms with E-state index in [0.717, 1.165) is 17.0 Å². The molecule has 0 radical (unpaired) electrons. The SMILES string of the molecule is CCCn1c(SC)c(C(=O)c2ccc(OC)cc2)c2cc(O)c(O)cc21. The van der Waals surface area contributed by atoms with E-state index in [9.17, 15) is 15.0 Å². The summed E-state index contributed by atoms with van der Waals surface area (Å²) in [6.45, 7) is 2.77. The van der Waals surface area contributed by atoms with Crippen LogP contribution in [0.1, 0.15) is 29.3 Å². The van der Waals surface area contributed by atoms with Crippen LogP contribution in [0.15, 0.2) is 41.4 Å². The quantitative estimate of drug-likeness (QED) is 0.381. The Morgan fingerprint density at radius 1 is 1.15 bits per heavy atom. The lowest BCUT2D eigenvalue weighted by atomic mass is 10.0. The van der Waals surface area contributed by atoms with Crippen LogP contribution in [0.3, 0.4) is 0 Å². The van der Waals surface area contributed by atoms with Crippen molar-refractivity contribution < 1.29 is 19.7 Å². The molecule has 0 unspecified atom stereocenters. The van der Waals surface area contributed by atoms with E-state index in [1.165, 1.54) is 23.9 Å². The molecule has 3 aromatic rings. The smallest absolute Gasteiger partial charge is 0.196 e. The number of nitrogens with zero attached hydrogens (tertiary/aromatic N) is 1. The number of ketones is 1. The summed E-state index contributed by atoms with van der Waals surface area (Å²) in [6.07, 6.45) is 2.81. The number of aromatic nitrogens is 1. The van der Waals surface area contributed by atoms with Crippen molar-refractivity contribution in [1.82, 2.24) is 4.57 Å². The van der Waals surface area contributed by atoms with Crippen LogP contribution in [-0.4, -0.2) is 33.9 Å². The molecule has 2 N–H and O–H groups in total. The van der Waals surface area contributed by atoms with Crippen LogP contribution in [0.5, 0.6) is 17.2 Å². The first kappa shape index (κ1) is 18.2. The van der Waals surface area contributed by atoms with E-state index in [4.69, 9.17) is 4.74 Å². The van der Waals surface area contributed by atoms with Crippen LogP contribution in [-0.2, 0) is 6.54 Å². The maximum Gasteiger partial charge on any atom is 0.196 e. The Balaban J connectivity index is 2.25. The highest BCUT2D eigenvalue weighted by molar-refractivity contribution is 7.98. The number of carbonyl (C=O) groups is 1. The van der Waals surface area contributed by atoms with Gasteiger partial charge in [-0.15, -0.1) is 11.8 Å². The summed E-state index contributed by atoms with van der Waals surface area (Å²) in [4.78, 5) is 13.2. The van der Waals surface area contributed by atoms with Gasteiger partial charge in [0.05, 0.1) is 23.2 Å². The highest BCUT2D eigenvalue weighted by Crippen LogP contribution is 2.39. The van der Waals surface area contributed by atoms with Gasteiger partial charge in [0.1, 0.15) is 5.75 Å². The van der Waals surface area contributed by atoms with Crippen molar-refractivity contribution in [2.24, 2.45) is 0 Å². The second-order valence-corrected chi connectivity index (χ2v) is 6.75. The van der Waals surface area contributed by atoms with Crippen LogP contribution in [0, 0.1) is 0 Å². The van der Waals surface area contributed by atoms with Crippen molar-refractivity contribution in [3.05, 3.63) is 47.5 Å². The third-order valence-corrected chi connectivity index (χ3v) is 5.14. The number of phenolic OH excluding ortho intramolecular Hbond substituents is 2. The zero-order valence-corrected chi connectivity index (χ0v) is 15.8. The molecule has 2 aromatic carbocycles. The molecule has 0 bridgehead atoms. The number of carbonyl (C=O) groups excluding carboxylic acids is 1. The summed E-state index contributed by atoms with van der Waals surface area (Å²) in [7, 11) is 1.58. The van der Waals surface area contributed by atoms with Gasteiger partial charge in [-0.05, 0) is 43.0 Å². The monoisotopic (exact) mass is 371 g/mol. The highest BCUT2D eigenvalue weighted by atomic mass is 32.2. The summed E-state index contributed by atoms with van der Waals surface area (Å²) in [6, 6.07) is 9.95. The summed E-state index contributed by atoms with van der Waals surface area (Å²) in [5.41, 5.74) is 1.83. The van der Waals surface area contributed by atoms with Gasteiger partial charge < -0.3 is 19.5 Å². The molecule has 1 aromatic heterocycles. The second kappa shape index (κ2) is 7.33. The fraction of sp³-hybridized carbons (Fsp3) is 0.250. The Bertz CT molecular complexity index is 960. The lowest BCUT2D eigenvalue weighted by molar-refractivity contribution is 0.103. The first-order valence-electron chi connectivity index (χ1n) is 8.32. The van der Waals surface area contributed by atoms with Crippen molar-refractivity contribution in [2.45, 2.75) is 24.9 Å². The number of fused-ring (bicyclic) bond motifs is 1. The number of ether oxygens (including phenoxy) is 1. The minimum absolute atomic E-state index is 0.123. The molecule has 0 fully saturated rings. The Morgan fingerprint density at radius 2 is 1.81 bits per heavy atom. The van der Waals surface area contributed by atoms with Crippen molar-refractivity contribution in [3.8, 4) is 17.2 Å². The molecule has 26 heavy (non-hydrogen) atoms. The van der Waals surface area contributed by atoms with Gasteiger partial charge in [-0.25, -0.2) is 0 Å². The number of aromatic hydroxyl groups is 2. The van der Waals surface area contributed by atoms with E-state index < -0.39 is 0 Å². The Hall–Kier alpha value is -2.60. The van der Waals surface area contributed by atoms with E-state index >= 15 is 0 Å². The number of benzene rings is 2. The van der Waals surface area contributed by atoms with E-state index in [0.29, 0.717) is 28.8 Å². The molecule has 0 aliphatic heterocycles. The van der Waals surface area contributed by atoms with Crippen molar-refractivity contribution in [2.75, 3.05) is 13.4 Å². The number of methoxy groups -OCH3 is 1. The molecule has 0 saturated carbocycles. The molecular weight excluding hydrogens is 350 g/mol. The van der Waals surface area contributed by atoms with Gasteiger partial charge >= 0.3 is 0 Å². The minimum atomic E-state index is -0.234. The summed E-state index contributed by atoms with van der Waals surface area (Å²) in [5, 5.41) is 21.4. The van der Waals surface area contributed by atoms with Crippen LogP contribution < -0.4 is 4.74 Å². The predicted octanol–water partition coefficient (Wildman–Crippen LogP) is 4.42. The maximum absolute atomic E-state index is 13.2. The van der Waals surface area contributed by atoms with Crippen molar-refractivity contribution in [3.63, 3.8) is 0 Å². The Labute approximate surface area is 156 Å². The molecule has 0 aliphatic rings. The van der Waals surface area contributed by atoms with Gasteiger partial charge in [-0.3, -0.25) is 4.79 Å². The maximum atomic E-state index is 13.2. The molecule has 3 rings (SSSR count). The van der Waals surface area contributed by atoms with Crippen LogP contribution in [0.2, 0.25) is 0 Å². The summed E-state index contributed by atoms with van der Waals surface area (Å²) in [5.74, 6) is 0.135. The average Bonchev–Trinajstić information content (AvgIpc) is 2.94. The summed E-state index contributed by atoms with van der Waals surface area (Å²) >= 11 is 1.48. The highest BCUT2D eigenvalue weighted by Gasteiger charge is 2.24. The molecule has 5 nitrogen and oxygen atoms in total. The molecule has 0 atom stereocenters. The van der Waals surface area contributed by atoms with Crippen LogP contribution in [0.4, 0.5) is 0 Å². The van der Waals surface area contributed by atoms with Gasteiger partial charge in [0.25, 0.3) is 0 Å². The number of phenols is 2. The number of aryl methyl sites for hydroxylation is 1. The zero-order chi connectivity index (χ0) is 18.8. The molecule has 0 amide bonds. The number of thioether (sulfide) groups is 1. The predicted molar refractivity (Wildman–Crippen MR) is 104 cm³/mol. The Morgan fingerprint density at radius 3 is 2.38 bits per heavy atom. The zero-order valence-electron chi connectivity index (χ0n) is 14.9. The molecule has 6 heteroatoms. The number of rotatable bonds is 6. The summed E-state index contributed by atoms with van der Waals surface area (Å²) < 4.78 is 7.18. The molecule has 1 heterocycles. The second-order valence-electron chi connectivity index (χ2n) is 5.95. The van der Waals surface area contributed by atoms with Gasteiger partial charge in [-0.2, -0.15) is 0 Å².